The summed E-state index contributed by atoms with van der Waals surface area (Å²) in [4.78, 5) is 14.0. The van der Waals surface area contributed by atoms with Crippen LogP contribution in [0.25, 0.3) is 0 Å². The van der Waals surface area contributed by atoms with Crippen molar-refractivity contribution in [1.29, 1.82) is 0 Å². The second kappa shape index (κ2) is 5.67. The van der Waals surface area contributed by atoms with Crippen LogP contribution >= 0.6 is 0 Å². The highest BCUT2D eigenvalue weighted by atomic mass is 16.2. The van der Waals surface area contributed by atoms with Gasteiger partial charge in [0, 0.05) is 31.6 Å². The summed E-state index contributed by atoms with van der Waals surface area (Å²) in [6, 6.07) is 0. The lowest BCUT2D eigenvalue weighted by Gasteiger charge is -2.39. The van der Waals surface area contributed by atoms with Crippen LogP contribution in [0.4, 0.5) is 0 Å². The highest BCUT2D eigenvalue weighted by molar-refractivity contribution is 5.76. The molecule has 1 amide bonds. The van der Waals surface area contributed by atoms with E-state index >= 15 is 0 Å². The molecule has 0 aliphatic carbocycles. The molecular formula is C13H26N2O. The van der Waals surface area contributed by atoms with Gasteiger partial charge in [-0.05, 0) is 26.2 Å². The van der Waals surface area contributed by atoms with Crippen molar-refractivity contribution >= 4 is 5.91 Å². The summed E-state index contributed by atoms with van der Waals surface area (Å²) in [7, 11) is 0. The first kappa shape index (κ1) is 13.5. The summed E-state index contributed by atoms with van der Waals surface area (Å²) in [5.74, 6) is 1.03. The molecule has 16 heavy (non-hydrogen) atoms. The van der Waals surface area contributed by atoms with Crippen molar-refractivity contribution in [2.45, 2.75) is 52.5 Å². The standard InChI is InChI=1S/C13H26N2O/c1-11(2)6-5-7-12(16)15-9-8-14-13(3,4)10-15/h11,14H,5-10H2,1-4H3. The Bertz CT molecular complexity index is 236. The molecule has 0 aromatic carbocycles. The van der Waals surface area contributed by atoms with Gasteiger partial charge in [-0.3, -0.25) is 4.79 Å². The van der Waals surface area contributed by atoms with Gasteiger partial charge in [-0.1, -0.05) is 20.3 Å². The number of carbonyl (C=O) groups is 1. The Morgan fingerprint density at radius 3 is 2.69 bits per heavy atom. The van der Waals surface area contributed by atoms with Crippen LogP contribution in [0.15, 0.2) is 0 Å². The van der Waals surface area contributed by atoms with E-state index in [1.807, 2.05) is 4.90 Å². The number of hydrogen-bond acceptors (Lipinski definition) is 2. The summed E-state index contributed by atoms with van der Waals surface area (Å²) in [5, 5.41) is 3.42. The van der Waals surface area contributed by atoms with Gasteiger partial charge in [0.25, 0.3) is 0 Å². The highest BCUT2D eigenvalue weighted by Crippen LogP contribution is 2.13. The van der Waals surface area contributed by atoms with E-state index in [9.17, 15) is 4.79 Å². The maximum Gasteiger partial charge on any atom is 0.222 e. The Balaban J connectivity index is 2.31. The average molecular weight is 226 g/mol. The van der Waals surface area contributed by atoms with Gasteiger partial charge in [0.05, 0.1) is 0 Å². The summed E-state index contributed by atoms with van der Waals surface area (Å²) < 4.78 is 0. The third-order valence-electron chi connectivity index (χ3n) is 3.10. The number of nitrogens with zero attached hydrogens (tertiary/aromatic N) is 1. The molecule has 0 saturated carbocycles. The first-order valence-corrected chi connectivity index (χ1v) is 6.43. The monoisotopic (exact) mass is 226 g/mol. The fourth-order valence-corrected chi connectivity index (χ4v) is 2.17. The van der Waals surface area contributed by atoms with Crippen LogP contribution < -0.4 is 5.32 Å². The molecule has 1 aliphatic heterocycles. The minimum Gasteiger partial charge on any atom is -0.340 e. The van der Waals surface area contributed by atoms with E-state index in [0.717, 1.165) is 32.5 Å². The number of rotatable bonds is 4. The van der Waals surface area contributed by atoms with Crippen molar-refractivity contribution in [3.63, 3.8) is 0 Å². The maximum atomic E-state index is 12.0. The Morgan fingerprint density at radius 2 is 2.12 bits per heavy atom. The third kappa shape index (κ3) is 4.52. The molecule has 3 nitrogen and oxygen atoms in total. The zero-order valence-electron chi connectivity index (χ0n) is 11.2. The van der Waals surface area contributed by atoms with E-state index in [4.69, 9.17) is 0 Å². The molecule has 1 heterocycles. The summed E-state index contributed by atoms with van der Waals surface area (Å²) in [6.07, 6.45) is 2.90. The van der Waals surface area contributed by atoms with Gasteiger partial charge in [-0.25, -0.2) is 0 Å². The first-order chi connectivity index (χ1) is 7.41. The second-order valence-electron chi connectivity index (χ2n) is 5.91. The quantitative estimate of drug-likeness (QED) is 0.795. The van der Waals surface area contributed by atoms with E-state index < -0.39 is 0 Å². The molecule has 0 bridgehead atoms. The maximum absolute atomic E-state index is 12.0. The molecular weight excluding hydrogens is 200 g/mol. The molecule has 0 atom stereocenters. The molecule has 0 aromatic heterocycles. The highest BCUT2D eigenvalue weighted by Gasteiger charge is 2.27. The Hall–Kier alpha value is -0.570. The number of nitrogens with one attached hydrogen (secondary N) is 1. The van der Waals surface area contributed by atoms with E-state index in [1.54, 1.807) is 0 Å². The smallest absolute Gasteiger partial charge is 0.222 e. The number of hydrogen-bond donors (Lipinski definition) is 1. The lowest BCUT2D eigenvalue weighted by atomic mass is 10.0. The number of piperazine rings is 1. The summed E-state index contributed by atoms with van der Waals surface area (Å²) in [5.41, 5.74) is 0.0754. The number of carbonyl (C=O) groups excluding carboxylic acids is 1. The molecule has 1 rings (SSSR count). The fourth-order valence-electron chi connectivity index (χ4n) is 2.17. The minimum absolute atomic E-state index is 0.0754. The predicted octanol–water partition coefficient (Wildman–Crippen LogP) is 2.02. The average Bonchev–Trinajstić information content (AvgIpc) is 2.15. The van der Waals surface area contributed by atoms with Gasteiger partial charge in [-0.2, -0.15) is 0 Å². The molecule has 0 radical (unpaired) electrons. The molecule has 0 spiro atoms. The third-order valence-corrected chi connectivity index (χ3v) is 3.10. The molecule has 1 aliphatic rings. The lowest BCUT2D eigenvalue weighted by molar-refractivity contribution is -0.133. The van der Waals surface area contributed by atoms with Crippen molar-refractivity contribution in [1.82, 2.24) is 10.2 Å². The first-order valence-electron chi connectivity index (χ1n) is 6.43. The van der Waals surface area contributed by atoms with E-state index in [-0.39, 0.29) is 5.54 Å². The second-order valence-corrected chi connectivity index (χ2v) is 5.91. The minimum atomic E-state index is 0.0754. The van der Waals surface area contributed by atoms with Crippen molar-refractivity contribution in [3.05, 3.63) is 0 Å². The van der Waals surface area contributed by atoms with Gasteiger partial charge >= 0.3 is 0 Å². The molecule has 1 fully saturated rings. The van der Waals surface area contributed by atoms with Gasteiger partial charge in [0.2, 0.25) is 5.91 Å². The summed E-state index contributed by atoms with van der Waals surface area (Å²) in [6.45, 7) is 11.3. The van der Waals surface area contributed by atoms with Gasteiger partial charge in [0.1, 0.15) is 0 Å². The fraction of sp³-hybridized carbons (Fsp3) is 0.923. The van der Waals surface area contributed by atoms with Crippen LogP contribution in [0.5, 0.6) is 0 Å². The van der Waals surface area contributed by atoms with Gasteiger partial charge in [-0.15, -0.1) is 0 Å². The van der Waals surface area contributed by atoms with E-state index in [1.165, 1.54) is 0 Å². The molecule has 94 valence electrons. The molecule has 0 unspecified atom stereocenters. The van der Waals surface area contributed by atoms with Crippen LogP contribution in [-0.2, 0) is 4.79 Å². The molecule has 1 N–H and O–H groups in total. The molecule has 1 saturated heterocycles. The van der Waals surface area contributed by atoms with E-state index in [2.05, 4.69) is 33.0 Å². The topological polar surface area (TPSA) is 32.3 Å². The number of amides is 1. The normalized spacial score (nSPS) is 20.2. The van der Waals surface area contributed by atoms with Crippen LogP contribution in [0.1, 0.15) is 47.0 Å². The largest absolute Gasteiger partial charge is 0.340 e. The Kier molecular flexibility index (Phi) is 4.78. The van der Waals surface area contributed by atoms with Crippen LogP contribution in [0.2, 0.25) is 0 Å². The van der Waals surface area contributed by atoms with Crippen molar-refractivity contribution in [2.24, 2.45) is 5.92 Å². The van der Waals surface area contributed by atoms with Crippen molar-refractivity contribution < 1.29 is 4.79 Å². The zero-order valence-corrected chi connectivity index (χ0v) is 11.2. The van der Waals surface area contributed by atoms with Gasteiger partial charge < -0.3 is 10.2 Å². The van der Waals surface area contributed by atoms with Crippen LogP contribution in [-0.4, -0.2) is 36.0 Å². The summed E-state index contributed by atoms with van der Waals surface area (Å²) >= 11 is 0. The Morgan fingerprint density at radius 1 is 1.44 bits per heavy atom. The van der Waals surface area contributed by atoms with E-state index in [0.29, 0.717) is 18.2 Å². The lowest BCUT2D eigenvalue weighted by Crippen LogP contribution is -2.58. The predicted molar refractivity (Wildman–Crippen MR) is 67.4 cm³/mol. The molecule has 3 heteroatoms. The van der Waals surface area contributed by atoms with Gasteiger partial charge in [0.15, 0.2) is 0 Å². The Labute approximate surface area is 99.6 Å². The SMILES string of the molecule is CC(C)CCCC(=O)N1CCNC(C)(C)C1. The zero-order chi connectivity index (χ0) is 12.2. The van der Waals surface area contributed by atoms with Crippen LogP contribution in [0.3, 0.4) is 0 Å². The van der Waals surface area contributed by atoms with Crippen molar-refractivity contribution in [3.8, 4) is 0 Å². The molecule has 0 aromatic rings. The van der Waals surface area contributed by atoms with Crippen LogP contribution in [0, 0.1) is 5.92 Å². The van der Waals surface area contributed by atoms with Crippen molar-refractivity contribution in [2.75, 3.05) is 19.6 Å².